The van der Waals surface area contributed by atoms with Crippen LogP contribution in [0.2, 0.25) is 0 Å². The van der Waals surface area contributed by atoms with Crippen LogP contribution in [0.3, 0.4) is 0 Å². The maximum atomic E-state index is 13.7. The van der Waals surface area contributed by atoms with E-state index in [9.17, 15) is 14.0 Å². The van der Waals surface area contributed by atoms with Gasteiger partial charge in [0.25, 0.3) is 0 Å². The van der Waals surface area contributed by atoms with Crippen molar-refractivity contribution in [1.29, 1.82) is 0 Å². The lowest BCUT2D eigenvalue weighted by molar-refractivity contribution is -0.139. The minimum Gasteiger partial charge on any atom is -0.356 e. The first-order chi connectivity index (χ1) is 14.3. The molecule has 0 unspecified atom stereocenters. The highest BCUT2D eigenvalue weighted by atomic mass is 19.1. The fourth-order valence-electron chi connectivity index (χ4n) is 3.74. The number of carbonyl (C=O) groups excluding carboxylic acids is 2. The number of carbonyl (C=O) groups is 2. The van der Waals surface area contributed by atoms with Crippen molar-refractivity contribution in [3.05, 3.63) is 41.5 Å². The molecule has 30 heavy (non-hydrogen) atoms. The Morgan fingerprint density at radius 2 is 2.13 bits per heavy atom. The van der Waals surface area contributed by atoms with E-state index in [-0.39, 0.29) is 30.0 Å². The predicted octanol–water partition coefficient (Wildman–Crippen LogP) is 1.92. The van der Waals surface area contributed by atoms with E-state index < -0.39 is 6.04 Å². The number of nitrogens with one attached hydrogen (secondary N) is 1. The molecule has 1 saturated heterocycles. The summed E-state index contributed by atoms with van der Waals surface area (Å²) in [5.74, 6) is 0.123. The number of amides is 2. The highest BCUT2D eigenvalue weighted by molar-refractivity contribution is 5.83. The summed E-state index contributed by atoms with van der Waals surface area (Å²) in [6.07, 6.45) is 1.78. The van der Waals surface area contributed by atoms with E-state index in [0.717, 1.165) is 12.8 Å². The van der Waals surface area contributed by atoms with Gasteiger partial charge in [-0.3, -0.25) is 9.59 Å². The molecule has 1 aliphatic rings. The van der Waals surface area contributed by atoms with Gasteiger partial charge >= 0.3 is 0 Å². The summed E-state index contributed by atoms with van der Waals surface area (Å²) in [4.78, 5) is 27.7. The van der Waals surface area contributed by atoms with Gasteiger partial charge in [-0.2, -0.15) is 0 Å². The number of tetrazole rings is 1. The van der Waals surface area contributed by atoms with Crippen molar-refractivity contribution in [1.82, 2.24) is 30.4 Å². The van der Waals surface area contributed by atoms with E-state index in [4.69, 9.17) is 0 Å². The van der Waals surface area contributed by atoms with E-state index in [0.29, 0.717) is 36.9 Å². The molecule has 0 aliphatic carbocycles. The minimum atomic E-state index is -0.695. The van der Waals surface area contributed by atoms with Gasteiger partial charge in [-0.05, 0) is 53.8 Å². The van der Waals surface area contributed by atoms with Gasteiger partial charge in [0.15, 0.2) is 0 Å². The molecule has 2 atom stereocenters. The Morgan fingerprint density at radius 3 is 2.80 bits per heavy atom. The SMILES string of the molecule is Cc1nnnn1[C@H](Cc1cccc(F)c1)C(=O)N1CCC[C@H](C(=O)NCC(C)C)C1. The van der Waals surface area contributed by atoms with Crippen molar-refractivity contribution >= 4 is 11.8 Å². The van der Waals surface area contributed by atoms with Crippen molar-refractivity contribution < 1.29 is 14.0 Å². The van der Waals surface area contributed by atoms with Crippen molar-refractivity contribution in [2.45, 2.75) is 46.1 Å². The minimum absolute atomic E-state index is 0.0125. The van der Waals surface area contributed by atoms with E-state index in [1.165, 1.54) is 16.8 Å². The zero-order valence-corrected chi connectivity index (χ0v) is 17.7. The number of benzene rings is 1. The number of halogens is 1. The summed E-state index contributed by atoms with van der Waals surface area (Å²) in [5, 5.41) is 14.5. The van der Waals surface area contributed by atoms with Crippen molar-refractivity contribution in [2.75, 3.05) is 19.6 Å². The van der Waals surface area contributed by atoms with Crippen molar-refractivity contribution in [3.8, 4) is 0 Å². The lowest BCUT2D eigenvalue weighted by Gasteiger charge is -2.34. The standard InChI is InChI=1S/C21H29FN6O2/c1-14(2)12-23-20(29)17-7-5-9-27(13-17)21(30)19(28-15(3)24-25-26-28)11-16-6-4-8-18(22)10-16/h4,6,8,10,14,17,19H,5,7,9,11-13H2,1-3H3,(H,23,29)/t17-,19+/m0/s1. The quantitative estimate of drug-likeness (QED) is 0.744. The summed E-state index contributed by atoms with van der Waals surface area (Å²) in [6, 6.07) is 5.49. The van der Waals surface area contributed by atoms with E-state index in [1.54, 1.807) is 24.0 Å². The summed E-state index contributed by atoms with van der Waals surface area (Å²) in [7, 11) is 0. The molecule has 1 aromatic heterocycles. The molecule has 1 aromatic carbocycles. The molecule has 1 N–H and O–H groups in total. The van der Waals surface area contributed by atoms with Gasteiger partial charge in [0.05, 0.1) is 5.92 Å². The number of aromatic nitrogens is 4. The van der Waals surface area contributed by atoms with Crippen LogP contribution in [0.15, 0.2) is 24.3 Å². The first kappa shape index (κ1) is 21.9. The van der Waals surface area contributed by atoms with Crippen LogP contribution in [0.1, 0.15) is 44.1 Å². The summed E-state index contributed by atoms with van der Waals surface area (Å²) < 4.78 is 15.2. The number of rotatable bonds is 7. The number of likely N-dealkylation sites (tertiary alicyclic amines) is 1. The van der Waals surface area contributed by atoms with Crippen LogP contribution in [0.4, 0.5) is 4.39 Å². The van der Waals surface area contributed by atoms with Gasteiger partial charge in [-0.15, -0.1) is 5.10 Å². The lowest BCUT2D eigenvalue weighted by atomic mass is 9.95. The largest absolute Gasteiger partial charge is 0.356 e. The molecule has 162 valence electrons. The van der Waals surface area contributed by atoms with E-state index >= 15 is 0 Å². The topological polar surface area (TPSA) is 93.0 Å². The van der Waals surface area contributed by atoms with Crippen LogP contribution in [-0.4, -0.2) is 56.6 Å². The Labute approximate surface area is 175 Å². The molecule has 9 heteroatoms. The molecule has 2 aromatic rings. The Bertz CT molecular complexity index is 884. The molecule has 8 nitrogen and oxygen atoms in total. The average Bonchev–Trinajstić information content (AvgIpc) is 3.15. The Kier molecular flexibility index (Phi) is 7.12. The van der Waals surface area contributed by atoms with Crippen LogP contribution >= 0.6 is 0 Å². The second kappa shape index (κ2) is 9.77. The van der Waals surface area contributed by atoms with Crippen molar-refractivity contribution in [2.24, 2.45) is 11.8 Å². The normalized spacial score (nSPS) is 17.8. The molecule has 0 saturated carbocycles. The van der Waals surface area contributed by atoms with Gasteiger partial charge < -0.3 is 10.2 Å². The maximum absolute atomic E-state index is 13.7. The van der Waals surface area contributed by atoms with Crippen LogP contribution < -0.4 is 5.32 Å². The second-order valence-electron chi connectivity index (χ2n) is 8.28. The van der Waals surface area contributed by atoms with Crippen LogP contribution in [0, 0.1) is 24.6 Å². The number of nitrogens with zero attached hydrogens (tertiary/aromatic N) is 5. The zero-order chi connectivity index (χ0) is 21.7. The van der Waals surface area contributed by atoms with E-state index in [2.05, 4.69) is 20.8 Å². The van der Waals surface area contributed by atoms with Gasteiger partial charge in [0.1, 0.15) is 17.7 Å². The number of hydrogen-bond donors (Lipinski definition) is 1. The van der Waals surface area contributed by atoms with Gasteiger partial charge in [0.2, 0.25) is 11.8 Å². The third kappa shape index (κ3) is 5.40. The van der Waals surface area contributed by atoms with Gasteiger partial charge in [-0.25, -0.2) is 9.07 Å². The first-order valence-electron chi connectivity index (χ1n) is 10.4. The Balaban J connectivity index is 1.77. The molecule has 3 rings (SSSR count). The number of hydrogen-bond acceptors (Lipinski definition) is 5. The van der Waals surface area contributed by atoms with Crippen molar-refractivity contribution in [3.63, 3.8) is 0 Å². The van der Waals surface area contributed by atoms with Crippen LogP contribution in [0.25, 0.3) is 0 Å². The first-order valence-corrected chi connectivity index (χ1v) is 10.4. The summed E-state index contributed by atoms with van der Waals surface area (Å²) in [5.41, 5.74) is 0.687. The van der Waals surface area contributed by atoms with E-state index in [1.807, 2.05) is 13.8 Å². The lowest BCUT2D eigenvalue weighted by Crippen LogP contribution is -2.48. The molecular formula is C21H29FN6O2. The Hall–Kier alpha value is -2.84. The number of aryl methyl sites for hydroxylation is 1. The predicted molar refractivity (Wildman–Crippen MR) is 109 cm³/mol. The number of piperidine rings is 1. The maximum Gasteiger partial charge on any atom is 0.247 e. The molecule has 2 amide bonds. The second-order valence-corrected chi connectivity index (χ2v) is 8.28. The third-order valence-corrected chi connectivity index (χ3v) is 5.34. The summed E-state index contributed by atoms with van der Waals surface area (Å²) >= 11 is 0. The smallest absolute Gasteiger partial charge is 0.247 e. The zero-order valence-electron chi connectivity index (χ0n) is 17.7. The summed E-state index contributed by atoms with van der Waals surface area (Å²) in [6.45, 7) is 7.38. The third-order valence-electron chi connectivity index (χ3n) is 5.34. The highest BCUT2D eigenvalue weighted by Crippen LogP contribution is 2.23. The molecule has 1 fully saturated rings. The van der Waals surface area contributed by atoms with Gasteiger partial charge in [0, 0.05) is 26.1 Å². The monoisotopic (exact) mass is 416 g/mol. The van der Waals surface area contributed by atoms with Crippen LogP contribution in [0.5, 0.6) is 0 Å². The molecule has 2 heterocycles. The molecule has 0 radical (unpaired) electrons. The Morgan fingerprint density at radius 1 is 1.33 bits per heavy atom. The molecule has 0 bridgehead atoms. The van der Waals surface area contributed by atoms with Crippen LogP contribution in [-0.2, 0) is 16.0 Å². The highest BCUT2D eigenvalue weighted by Gasteiger charge is 2.34. The average molecular weight is 417 g/mol. The fraction of sp³-hybridized carbons (Fsp3) is 0.571. The molecule has 1 aliphatic heterocycles. The molecular weight excluding hydrogens is 387 g/mol. The van der Waals surface area contributed by atoms with Gasteiger partial charge in [-0.1, -0.05) is 26.0 Å². The molecule has 0 spiro atoms. The fourth-order valence-corrected chi connectivity index (χ4v) is 3.74.